The third-order valence-electron chi connectivity index (χ3n) is 5.99. The minimum atomic E-state index is -3.90. The second-order valence-electron chi connectivity index (χ2n) is 8.77. The van der Waals surface area contributed by atoms with Crippen molar-refractivity contribution in [3.8, 4) is 0 Å². The highest BCUT2D eigenvalue weighted by atomic mass is 32.2. The van der Waals surface area contributed by atoms with E-state index in [4.69, 9.17) is 0 Å². The summed E-state index contributed by atoms with van der Waals surface area (Å²) >= 11 is 0.816. The molecule has 0 spiro atoms. The van der Waals surface area contributed by atoms with Gasteiger partial charge in [-0.1, -0.05) is 48.6 Å². The van der Waals surface area contributed by atoms with Gasteiger partial charge in [-0.25, -0.2) is 13.1 Å². The van der Waals surface area contributed by atoms with Crippen LogP contribution in [0.1, 0.15) is 54.2 Å². The van der Waals surface area contributed by atoms with Crippen molar-refractivity contribution in [1.82, 2.24) is 14.9 Å². The van der Waals surface area contributed by atoms with Gasteiger partial charge in [-0.3, -0.25) is 10.1 Å². The van der Waals surface area contributed by atoms with E-state index >= 15 is 0 Å². The van der Waals surface area contributed by atoms with Crippen LogP contribution in [0.4, 0.5) is 10.8 Å². The Morgan fingerprint density at radius 3 is 2.59 bits per heavy atom. The highest BCUT2D eigenvalue weighted by Gasteiger charge is 2.24. The summed E-state index contributed by atoms with van der Waals surface area (Å²) in [6.45, 7) is 7.98. The first-order valence-corrected chi connectivity index (χ1v) is 13.6. The molecule has 8 nitrogen and oxygen atoms in total. The third-order valence-corrected chi connectivity index (χ3v) is 8.74. The Balaban J connectivity index is 1.40. The van der Waals surface area contributed by atoms with E-state index in [-0.39, 0.29) is 15.4 Å². The molecule has 0 radical (unpaired) electrons. The summed E-state index contributed by atoms with van der Waals surface area (Å²) < 4.78 is 28.2. The van der Waals surface area contributed by atoms with Crippen molar-refractivity contribution in [3.63, 3.8) is 0 Å². The fourth-order valence-electron chi connectivity index (χ4n) is 4.11. The Morgan fingerprint density at radius 2 is 1.88 bits per heavy atom. The number of carbonyl (C=O) groups excluding carboxylic acids is 1. The Kier molecular flexibility index (Phi) is 7.30. The number of benzene rings is 2. The molecule has 2 N–H and O–H groups in total. The van der Waals surface area contributed by atoms with Crippen molar-refractivity contribution < 1.29 is 13.2 Å². The summed E-state index contributed by atoms with van der Waals surface area (Å²) in [6, 6.07) is 14.7. The van der Waals surface area contributed by atoms with Gasteiger partial charge in [0.15, 0.2) is 0 Å². The standard InChI is InChI=1S/C24H29N5O3S2/c1-16-7-6-14-29(15-16)20-12-10-19(11-13-20)18(3)28-34(31,32)24-27-26-23(33-24)25-22(30)21-9-5-4-8-17(21)2/h4-5,8-13,16,18,28H,6-7,14-15H2,1-3H3,(H,25,26,30)/t16-,18+/m1/s1. The Bertz CT molecular complexity index is 1260. The van der Waals surface area contributed by atoms with E-state index in [1.54, 1.807) is 19.1 Å². The maximum atomic E-state index is 12.9. The van der Waals surface area contributed by atoms with Crippen molar-refractivity contribution in [2.75, 3.05) is 23.3 Å². The van der Waals surface area contributed by atoms with Gasteiger partial charge >= 0.3 is 0 Å². The molecule has 0 bridgehead atoms. The Morgan fingerprint density at radius 1 is 1.15 bits per heavy atom. The maximum Gasteiger partial charge on any atom is 0.270 e. The SMILES string of the molecule is Cc1ccccc1C(=O)Nc1nnc(S(=O)(=O)N[C@@H](C)c2ccc(N3CCC[C@@H](C)C3)cc2)s1. The first-order valence-electron chi connectivity index (χ1n) is 11.3. The molecule has 2 aromatic carbocycles. The van der Waals surface area contributed by atoms with Gasteiger partial charge in [0.05, 0.1) is 0 Å². The molecule has 1 aliphatic rings. The fourth-order valence-corrected chi connectivity index (χ4v) is 6.25. The third kappa shape index (κ3) is 5.63. The van der Waals surface area contributed by atoms with E-state index in [0.717, 1.165) is 41.2 Å². The molecule has 2 heterocycles. The molecule has 10 heteroatoms. The van der Waals surface area contributed by atoms with E-state index < -0.39 is 16.1 Å². The average molecular weight is 500 g/mol. The van der Waals surface area contributed by atoms with Crippen molar-refractivity contribution in [3.05, 3.63) is 65.2 Å². The molecule has 1 aliphatic heterocycles. The van der Waals surface area contributed by atoms with Gasteiger partial charge < -0.3 is 4.90 Å². The molecule has 2 atom stereocenters. The van der Waals surface area contributed by atoms with Crippen LogP contribution in [0.5, 0.6) is 0 Å². The van der Waals surface area contributed by atoms with E-state index in [2.05, 4.69) is 32.1 Å². The highest BCUT2D eigenvalue weighted by Crippen LogP contribution is 2.26. The van der Waals surface area contributed by atoms with Crippen LogP contribution in [-0.4, -0.2) is 37.6 Å². The number of nitrogens with one attached hydrogen (secondary N) is 2. The lowest BCUT2D eigenvalue weighted by atomic mass is 9.99. The van der Waals surface area contributed by atoms with Crippen LogP contribution in [-0.2, 0) is 10.0 Å². The van der Waals surface area contributed by atoms with Crippen LogP contribution in [0, 0.1) is 12.8 Å². The lowest BCUT2D eigenvalue weighted by molar-refractivity contribution is 0.102. The molecule has 1 amide bonds. The summed E-state index contributed by atoms with van der Waals surface area (Å²) in [6.07, 6.45) is 2.45. The van der Waals surface area contributed by atoms with Gasteiger partial charge in [0, 0.05) is 30.4 Å². The van der Waals surface area contributed by atoms with Gasteiger partial charge in [-0.15, -0.1) is 10.2 Å². The smallest absolute Gasteiger partial charge is 0.270 e. The quantitative estimate of drug-likeness (QED) is 0.468. The zero-order chi connectivity index (χ0) is 24.3. The van der Waals surface area contributed by atoms with Gasteiger partial charge in [0.25, 0.3) is 15.9 Å². The molecule has 0 unspecified atom stereocenters. The monoisotopic (exact) mass is 499 g/mol. The molecule has 3 aromatic rings. The van der Waals surface area contributed by atoms with Crippen LogP contribution in [0.3, 0.4) is 0 Å². The van der Waals surface area contributed by atoms with Crippen LogP contribution < -0.4 is 14.9 Å². The van der Waals surface area contributed by atoms with E-state index in [1.807, 2.05) is 43.3 Å². The number of hydrogen-bond donors (Lipinski definition) is 2. The topological polar surface area (TPSA) is 104 Å². The number of sulfonamides is 1. The molecule has 34 heavy (non-hydrogen) atoms. The van der Waals surface area contributed by atoms with Crippen LogP contribution in [0.25, 0.3) is 0 Å². The Labute approximate surface area is 204 Å². The summed E-state index contributed by atoms with van der Waals surface area (Å²) in [5, 5.41) is 10.4. The molecular weight excluding hydrogens is 470 g/mol. The van der Waals surface area contributed by atoms with Crippen molar-refractivity contribution >= 4 is 38.1 Å². The second-order valence-corrected chi connectivity index (χ2v) is 11.6. The number of hydrogen-bond acceptors (Lipinski definition) is 7. The van der Waals surface area contributed by atoms with Crippen LogP contribution in [0.2, 0.25) is 0 Å². The fraction of sp³-hybridized carbons (Fsp3) is 0.375. The Hall–Kier alpha value is -2.82. The summed E-state index contributed by atoms with van der Waals surface area (Å²) in [5.41, 5.74) is 3.32. The summed E-state index contributed by atoms with van der Waals surface area (Å²) in [5.74, 6) is 0.320. The predicted octanol–water partition coefficient (Wildman–Crippen LogP) is 4.37. The minimum Gasteiger partial charge on any atom is -0.371 e. The van der Waals surface area contributed by atoms with E-state index in [9.17, 15) is 13.2 Å². The highest BCUT2D eigenvalue weighted by molar-refractivity contribution is 7.91. The minimum absolute atomic E-state index is 0.126. The molecule has 0 saturated carbocycles. The lowest BCUT2D eigenvalue weighted by Gasteiger charge is -2.33. The van der Waals surface area contributed by atoms with Gasteiger partial charge in [0.2, 0.25) is 9.47 Å². The molecule has 180 valence electrons. The van der Waals surface area contributed by atoms with E-state index in [0.29, 0.717) is 11.5 Å². The lowest BCUT2D eigenvalue weighted by Crippen LogP contribution is -2.34. The zero-order valence-corrected chi connectivity index (χ0v) is 21.1. The molecule has 1 saturated heterocycles. The number of amides is 1. The van der Waals surface area contributed by atoms with Crippen molar-refractivity contribution in [2.24, 2.45) is 5.92 Å². The number of aromatic nitrogens is 2. The normalized spacial score (nSPS) is 17.4. The molecule has 4 rings (SSSR count). The van der Waals surface area contributed by atoms with Gasteiger partial charge in [-0.2, -0.15) is 0 Å². The first kappa shape index (κ1) is 24.3. The summed E-state index contributed by atoms with van der Waals surface area (Å²) in [7, 11) is -3.90. The molecule has 1 aromatic heterocycles. The number of piperidine rings is 1. The van der Waals surface area contributed by atoms with E-state index in [1.165, 1.54) is 12.8 Å². The van der Waals surface area contributed by atoms with Crippen molar-refractivity contribution in [2.45, 2.75) is 44.0 Å². The number of anilines is 2. The largest absolute Gasteiger partial charge is 0.371 e. The zero-order valence-electron chi connectivity index (χ0n) is 19.5. The molecule has 0 aliphatic carbocycles. The summed E-state index contributed by atoms with van der Waals surface area (Å²) in [4.78, 5) is 14.9. The average Bonchev–Trinajstić information content (AvgIpc) is 3.29. The first-order chi connectivity index (χ1) is 16.2. The van der Waals surface area contributed by atoms with Crippen LogP contribution >= 0.6 is 11.3 Å². The van der Waals surface area contributed by atoms with Crippen molar-refractivity contribution in [1.29, 1.82) is 0 Å². The molecule has 1 fully saturated rings. The second kappa shape index (κ2) is 10.2. The number of nitrogens with zero attached hydrogens (tertiary/aromatic N) is 3. The maximum absolute atomic E-state index is 12.9. The number of rotatable bonds is 7. The molecular formula is C24H29N5O3S2. The van der Waals surface area contributed by atoms with Gasteiger partial charge in [0.1, 0.15) is 0 Å². The number of aryl methyl sites for hydroxylation is 1. The van der Waals surface area contributed by atoms with Gasteiger partial charge in [-0.05, 0) is 61.9 Å². The number of carbonyl (C=O) groups is 1. The predicted molar refractivity (Wildman–Crippen MR) is 135 cm³/mol. The van der Waals surface area contributed by atoms with Crippen LogP contribution in [0.15, 0.2) is 52.9 Å².